The van der Waals surface area contributed by atoms with Crippen molar-refractivity contribution in [1.82, 2.24) is 5.32 Å². The molecular weight excluding hydrogens is 194 g/mol. The van der Waals surface area contributed by atoms with Crippen LogP contribution in [0.25, 0.3) is 0 Å². The van der Waals surface area contributed by atoms with Gasteiger partial charge >= 0.3 is 5.97 Å². The van der Waals surface area contributed by atoms with E-state index in [-0.39, 0.29) is 17.7 Å². The molecule has 0 aliphatic heterocycles. The zero-order valence-electron chi connectivity index (χ0n) is 9.49. The molecule has 0 saturated heterocycles. The Morgan fingerprint density at radius 2 is 2.07 bits per heavy atom. The van der Waals surface area contributed by atoms with Crippen molar-refractivity contribution in [2.45, 2.75) is 39.7 Å². The van der Waals surface area contributed by atoms with Gasteiger partial charge < -0.3 is 10.4 Å². The first-order chi connectivity index (χ1) is 6.97. The third-order valence-corrected chi connectivity index (χ3v) is 3.22. The number of rotatable bonds is 5. The summed E-state index contributed by atoms with van der Waals surface area (Å²) in [5.41, 5.74) is 0. The largest absolute Gasteiger partial charge is 0.480 e. The van der Waals surface area contributed by atoms with Gasteiger partial charge in [0.15, 0.2) is 0 Å². The molecule has 2 N–H and O–H groups in total. The van der Waals surface area contributed by atoms with Gasteiger partial charge in [-0.2, -0.15) is 0 Å². The monoisotopic (exact) mass is 213 g/mol. The van der Waals surface area contributed by atoms with Crippen LogP contribution < -0.4 is 5.32 Å². The second-order valence-corrected chi connectivity index (χ2v) is 4.53. The van der Waals surface area contributed by atoms with Crippen LogP contribution in [-0.2, 0) is 9.59 Å². The minimum atomic E-state index is -0.939. The molecule has 1 fully saturated rings. The highest BCUT2D eigenvalue weighted by atomic mass is 16.4. The summed E-state index contributed by atoms with van der Waals surface area (Å²) in [7, 11) is 0. The number of carbonyl (C=O) groups excluding carboxylic acids is 1. The van der Waals surface area contributed by atoms with E-state index in [0.717, 1.165) is 12.8 Å². The standard InChI is InChI=1S/C11H19NO3/c1-4-6(2)9(11(14)15)12-10(13)8-5-7(8)3/h6-9H,4-5H2,1-3H3,(H,12,13)(H,14,15)/t6?,7?,8?,9-/m0/s1. The molecule has 3 unspecified atom stereocenters. The van der Waals surface area contributed by atoms with Gasteiger partial charge in [-0.15, -0.1) is 0 Å². The van der Waals surface area contributed by atoms with Gasteiger partial charge in [0.2, 0.25) is 5.91 Å². The predicted molar refractivity (Wildman–Crippen MR) is 56.3 cm³/mol. The van der Waals surface area contributed by atoms with E-state index in [1.165, 1.54) is 0 Å². The van der Waals surface area contributed by atoms with E-state index in [4.69, 9.17) is 5.11 Å². The van der Waals surface area contributed by atoms with Gasteiger partial charge in [0, 0.05) is 5.92 Å². The van der Waals surface area contributed by atoms with Crippen LogP contribution in [0.5, 0.6) is 0 Å². The van der Waals surface area contributed by atoms with Crippen molar-refractivity contribution in [2.24, 2.45) is 17.8 Å². The van der Waals surface area contributed by atoms with Gasteiger partial charge in [-0.25, -0.2) is 4.79 Å². The Kier molecular flexibility index (Phi) is 3.72. The summed E-state index contributed by atoms with van der Waals surface area (Å²) in [6, 6.07) is -0.740. The van der Waals surface area contributed by atoms with Crippen molar-refractivity contribution in [1.29, 1.82) is 0 Å². The summed E-state index contributed by atoms with van der Waals surface area (Å²) in [4.78, 5) is 22.5. The van der Waals surface area contributed by atoms with E-state index in [0.29, 0.717) is 5.92 Å². The van der Waals surface area contributed by atoms with Gasteiger partial charge in [0.1, 0.15) is 6.04 Å². The van der Waals surface area contributed by atoms with Gasteiger partial charge in [-0.1, -0.05) is 27.2 Å². The first-order valence-corrected chi connectivity index (χ1v) is 5.50. The molecule has 4 atom stereocenters. The third kappa shape index (κ3) is 2.94. The van der Waals surface area contributed by atoms with Crippen molar-refractivity contribution in [3.05, 3.63) is 0 Å². The Morgan fingerprint density at radius 3 is 2.40 bits per heavy atom. The van der Waals surface area contributed by atoms with Crippen LogP contribution in [0, 0.1) is 17.8 Å². The topological polar surface area (TPSA) is 66.4 Å². The lowest BCUT2D eigenvalue weighted by Crippen LogP contribution is -2.45. The highest BCUT2D eigenvalue weighted by Gasteiger charge is 2.40. The lowest BCUT2D eigenvalue weighted by atomic mass is 9.99. The highest BCUT2D eigenvalue weighted by molar-refractivity contribution is 5.86. The SMILES string of the molecule is CCC(C)[C@H](NC(=O)C1CC1C)C(=O)O. The summed E-state index contributed by atoms with van der Waals surface area (Å²) in [5, 5.41) is 11.6. The molecule has 15 heavy (non-hydrogen) atoms. The highest BCUT2D eigenvalue weighted by Crippen LogP contribution is 2.37. The molecule has 0 bridgehead atoms. The summed E-state index contributed by atoms with van der Waals surface area (Å²) in [6.07, 6.45) is 1.64. The third-order valence-electron chi connectivity index (χ3n) is 3.22. The smallest absolute Gasteiger partial charge is 0.326 e. The summed E-state index contributed by atoms with van der Waals surface area (Å²) >= 11 is 0. The maximum Gasteiger partial charge on any atom is 0.326 e. The number of nitrogens with one attached hydrogen (secondary N) is 1. The Balaban J connectivity index is 2.51. The molecule has 0 aromatic heterocycles. The molecule has 1 aliphatic carbocycles. The second kappa shape index (κ2) is 4.64. The van der Waals surface area contributed by atoms with Gasteiger partial charge in [-0.3, -0.25) is 4.79 Å². The normalized spacial score (nSPS) is 27.9. The molecule has 0 spiro atoms. The molecule has 4 heteroatoms. The van der Waals surface area contributed by atoms with Gasteiger partial charge in [0.05, 0.1) is 0 Å². The van der Waals surface area contributed by atoms with Crippen molar-refractivity contribution < 1.29 is 14.7 Å². The molecule has 1 rings (SSSR count). The quantitative estimate of drug-likeness (QED) is 0.722. The summed E-state index contributed by atoms with van der Waals surface area (Å²) < 4.78 is 0. The molecular formula is C11H19NO3. The minimum Gasteiger partial charge on any atom is -0.480 e. The number of aliphatic carboxylic acids is 1. The Hall–Kier alpha value is -1.06. The lowest BCUT2D eigenvalue weighted by molar-refractivity contribution is -0.143. The van der Waals surface area contributed by atoms with E-state index in [9.17, 15) is 9.59 Å². The fraction of sp³-hybridized carbons (Fsp3) is 0.818. The predicted octanol–water partition coefficient (Wildman–Crippen LogP) is 1.26. The van der Waals surface area contributed by atoms with Crippen molar-refractivity contribution in [2.75, 3.05) is 0 Å². The second-order valence-electron chi connectivity index (χ2n) is 4.53. The number of hydrogen-bond acceptors (Lipinski definition) is 2. The van der Waals surface area contributed by atoms with Crippen molar-refractivity contribution in [3.63, 3.8) is 0 Å². The molecule has 0 heterocycles. The maximum atomic E-state index is 11.6. The van der Waals surface area contributed by atoms with Gasteiger partial charge in [0.25, 0.3) is 0 Å². The number of carboxylic acids is 1. The van der Waals surface area contributed by atoms with Crippen LogP contribution in [0.4, 0.5) is 0 Å². The Labute approximate surface area is 90.0 Å². The van der Waals surface area contributed by atoms with E-state index in [1.807, 2.05) is 20.8 Å². The molecule has 4 nitrogen and oxygen atoms in total. The average Bonchev–Trinajstić information content (AvgIpc) is 2.90. The fourth-order valence-corrected chi connectivity index (χ4v) is 1.63. The van der Waals surface area contributed by atoms with E-state index in [1.54, 1.807) is 0 Å². The van der Waals surface area contributed by atoms with Crippen LogP contribution >= 0.6 is 0 Å². The number of carbonyl (C=O) groups is 2. The Morgan fingerprint density at radius 1 is 1.53 bits per heavy atom. The summed E-state index contributed by atoms with van der Waals surface area (Å²) in [5.74, 6) is -0.617. The van der Waals surface area contributed by atoms with E-state index < -0.39 is 12.0 Å². The molecule has 1 saturated carbocycles. The zero-order chi connectivity index (χ0) is 11.6. The minimum absolute atomic E-state index is 0.0273. The zero-order valence-corrected chi connectivity index (χ0v) is 9.49. The fourth-order valence-electron chi connectivity index (χ4n) is 1.63. The lowest BCUT2D eigenvalue weighted by Gasteiger charge is -2.20. The van der Waals surface area contributed by atoms with Crippen LogP contribution in [-0.4, -0.2) is 23.0 Å². The first kappa shape index (κ1) is 12.0. The molecule has 86 valence electrons. The van der Waals surface area contributed by atoms with Crippen LogP contribution in [0.2, 0.25) is 0 Å². The number of hydrogen-bond donors (Lipinski definition) is 2. The molecule has 1 aliphatic rings. The Bertz CT molecular complexity index is 265. The summed E-state index contributed by atoms with van der Waals surface area (Å²) in [6.45, 7) is 5.77. The first-order valence-electron chi connectivity index (χ1n) is 5.50. The van der Waals surface area contributed by atoms with Crippen LogP contribution in [0.3, 0.4) is 0 Å². The molecule has 0 radical (unpaired) electrons. The van der Waals surface area contributed by atoms with E-state index in [2.05, 4.69) is 5.32 Å². The average molecular weight is 213 g/mol. The number of carboxylic acid groups (broad SMARTS) is 1. The van der Waals surface area contributed by atoms with Crippen molar-refractivity contribution >= 4 is 11.9 Å². The molecule has 1 amide bonds. The van der Waals surface area contributed by atoms with E-state index >= 15 is 0 Å². The maximum absolute atomic E-state index is 11.6. The molecule has 0 aromatic carbocycles. The van der Waals surface area contributed by atoms with Crippen LogP contribution in [0.15, 0.2) is 0 Å². The van der Waals surface area contributed by atoms with Gasteiger partial charge in [-0.05, 0) is 18.3 Å². The molecule has 0 aromatic rings. The number of amides is 1. The van der Waals surface area contributed by atoms with Crippen molar-refractivity contribution in [3.8, 4) is 0 Å². The van der Waals surface area contributed by atoms with Crippen LogP contribution in [0.1, 0.15) is 33.6 Å².